The number of rotatable bonds is 0. The lowest BCUT2D eigenvalue weighted by atomic mass is 10.1. The van der Waals surface area contributed by atoms with Crippen molar-refractivity contribution in [2.75, 3.05) is 14.1 Å². The molecule has 0 rings (SSSR count). The summed E-state index contributed by atoms with van der Waals surface area (Å²) in [6.07, 6.45) is 1.86. The smallest absolute Gasteiger partial charge is 0.310 e. The van der Waals surface area contributed by atoms with Crippen LogP contribution >= 0.6 is 0 Å². The fourth-order valence-electron chi connectivity index (χ4n) is 0.0250. The molecule has 0 aliphatic rings. The fourth-order valence-corrected chi connectivity index (χ4v) is 0.0250. The van der Waals surface area contributed by atoms with Gasteiger partial charge in [-0.15, -0.1) is 0 Å². The quantitative estimate of drug-likeness (QED) is 0.307. The zero-order valence-electron chi connectivity index (χ0n) is 7.79. The molecule has 0 bridgehead atoms. The van der Waals surface area contributed by atoms with E-state index < -0.39 is 5.54 Å². The summed E-state index contributed by atoms with van der Waals surface area (Å²) < 4.78 is 0. The third-order valence-corrected chi connectivity index (χ3v) is 0.753. The number of hydrogen-bond donors (Lipinski definition) is 0. The second kappa shape index (κ2) is 6.01. The van der Waals surface area contributed by atoms with E-state index in [0.29, 0.717) is 0 Å². The van der Waals surface area contributed by atoms with E-state index in [1.165, 1.54) is 4.90 Å². The summed E-state index contributed by atoms with van der Waals surface area (Å²) in [7, 11) is 3.39. The van der Waals surface area contributed by atoms with Crippen molar-refractivity contribution in [2.45, 2.75) is 19.4 Å². The molecule has 0 amide bonds. The van der Waals surface area contributed by atoms with Crippen molar-refractivity contribution in [1.29, 1.82) is 10.5 Å². The fraction of sp³-hybridized carbons (Fsp3) is 0.625. The minimum absolute atomic E-state index is 0.819. The summed E-state index contributed by atoms with van der Waals surface area (Å²) in [5.74, 6) is 0. The molecule has 0 N–H and O–H groups in total. The zero-order valence-corrected chi connectivity index (χ0v) is 7.79. The molecule has 0 aromatic heterocycles. The van der Waals surface area contributed by atoms with Crippen LogP contribution in [-0.2, 0) is 0 Å². The molecule has 0 spiro atoms. The lowest BCUT2D eigenvalue weighted by Gasteiger charge is -1.93. The lowest BCUT2D eigenvalue weighted by Crippen LogP contribution is -2.08. The maximum absolute atomic E-state index is 8.13. The minimum Gasteiger partial charge on any atom is -0.317 e. The van der Waals surface area contributed by atoms with Gasteiger partial charge < -0.3 is 4.90 Å². The zero-order chi connectivity index (χ0) is 10.2. The van der Waals surface area contributed by atoms with Crippen molar-refractivity contribution in [2.24, 2.45) is 0 Å². The molecule has 0 aromatic carbocycles. The molecule has 4 heteroatoms. The average molecular weight is 164 g/mol. The van der Waals surface area contributed by atoms with Gasteiger partial charge in [0, 0.05) is 27.9 Å². The van der Waals surface area contributed by atoms with E-state index in [1.54, 1.807) is 27.9 Å². The Balaban J connectivity index is 0. The first kappa shape index (κ1) is 12.9. The van der Waals surface area contributed by atoms with Gasteiger partial charge in [-0.2, -0.15) is 10.5 Å². The maximum Gasteiger partial charge on any atom is 0.310 e. The molecule has 0 aromatic rings. The molecule has 0 aliphatic heterocycles. The summed E-state index contributed by atoms with van der Waals surface area (Å²) in [6.45, 7) is 9.57. The van der Waals surface area contributed by atoms with Gasteiger partial charge in [-0.25, -0.2) is 6.57 Å². The molecule has 0 radical (unpaired) electrons. The van der Waals surface area contributed by atoms with E-state index in [2.05, 4.69) is 4.85 Å². The summed E-state index contributed by atoms with van der Waals surface area (Å²) in [5, 5.41) is 15.9. The van der Waals surface area contributed by atoms with E-state index in [0.717, 1.165) is 0 Å². The molecule has 0 atom stereocenters. The van der Waals surface area contributed by atoms with Crippen LogP contribution in [0.4, 0.5) is 0 Å². The molecule has 4 nitrogen and oxygen atoms in total. The van der Waals surface area contributed by atoms with Gasteiger partial charge >= 0.3 is 5.54 Å². The van der Waals surface area contributed by atoms with E-state index >= 15 is 0 Å². The summed E-state index contributed by atoms with van der Waals surface area (Å²) in [5.41, 5.74) is -0.819. The van der Waals surface area contributed by atoms with Crippen LogP contribution < -0.4 is 0 Å². The molecular weight excluding hydrogens is 152 g/mol. The number of nitriles is 2. The van der Waals surface area contributed by atoms with Crippen molar-refractivity contribution < 1.29 is 0 Å². The van der Waals surface area contributed by atoms with Gasteiger partial charge in [0.25, 0.3) is 0 Å². The van der Waals surface area contributed by atoms with Crippen LogP contribution in [0, 0.1) is 29.4 Å². The second-order valence-electron chi connectivity index (χ2n) is 2.78. The molecule has 0 aliphatic carbocycles. The van der Waals surface area contributed by atoms with Crippen LogP contribution in [0.15, 0.2) is 0 Å². The first-order chi connectivity index (χ1) is 5.39. The first-order valence-corrected chi connectivity index (χ1v) is 3.26. The van der Waals surface area contributed by atoms with Crippen LogP contribution in [0.25, 0.3) is 4.85 Å². The second-order valence-corrected chi connectivity index (χ2v) is 2.78. The average Bonchev–Trinajstić information content (AvgIpc) is 2.05. The number of nitrogens with zero attached hydrogens (tertiary/aromatic N) is 4. The van der Waals surface area contributed by atoms with Gasteiger partial charge in [0.15, 0.2) is 12.3 Å². The minimum atomic E-state index is -0.819. The highest BCUT2D eigenvalue weighted by Crippen LogP contribution is 2.03. The lowest BCUT2D eigenvalue weighted by molar-refractivity contribution is 0.585. The normalized spacial score (nSPS) is 7.75. The molecule has 0 saturated heterocycles. The van der Waals surface area contributed by atoms with Crippen LogP contribution in [0.5, 0.6) is 0 Å². The van der Waals surface area contributed by atoms with Crippen LogP contribution in [0.1, 0.15) is 13.8 Å². The third-order valence-electron chi connectivity index (χ3n) is 0.753. The first-order valence-electron chi connectivity index (χ1n) is 3.26. The van der Waals surface area contributed by atoms with E-state index in [1.807, 2.05) is 12.3 Å². The summed E-state index contributed by atoms with van der Waals surface area (Å²) in [4.78, 5) is 4.46. The highest BCUT2D eigenvalue weighted by Gasteiger charge is 2.19. The Bertz CT molecular complexity index is 217. The molecule has 0 heterocycles. The van der Waals surface area contributed by atoms with Crippen molar-refractivity contribution in [3.8, 4) is 12.3 Å². The van der Waals surface area contributed by atoms with Crippen LogP contribution in [0.2, 0.25) is 0 Å². The van der Waals surface area contributed by atoms with E-state index in [9.17, 15) is 0 Å². The maximum atomic E-state index is 8.13. The topological polar surface area (TPSA) is 55.2 Å². The molecular formula is C8H12N4. The van der Waals surface area contributed by atoms with Crippen molar-refractivity contribution in [3.05, 3.63) is 11.4 Å². The Morgan fingerprint density at radius 1 is 1.33 bits per heavy atom. The van der Waals surface area contributed by atoms with Crippen LogP contribution in [-0.4, -0.2) is 24.5 Å². The number of hydrogen-bond acceptors (Lipinski definition) is 3. The Morgan fingerprint density at radius 3 is 1.67 bits per heavy atom. The van der Waals surface area contributed by atoms with Gasteiger partial charge in [-0.05, 0) is 0 Å². The Morgan fingerprint density at radius 2 is 1.67 bits per heavy atom. The van der Waals surface area contributed by atoms with Gasteiger partial charge in [-0.1, -0.05) is 0 Å². The molecule has 0 unspecified atom stereocenters. The highest BCUT2D eigenvalue weighted by atomic mass is 15.0. The SMILES string of the molecule is CN(C)C#N.[C-]#[N+]C(C)(C)C#N. The largest absolute Gasteiger partial charge is 0.317 e. The van der Waals surface area contributed by atoms with Gasteiger partial charge in [0.2, 0.25) is 0 Å². The Labute approximate surface area is 73.4 Å². The van der Waals surface area contributed by atoms with Gasteiger partial charge in [-0.3, -0.25) is 4.85 Å². The van der Waals surface area contributed by atoms with Crippen molar-refractivity contribution in [3.63, 3.8) is 0 Å². The van der Waals surface area contributed by atoms with E-state index in [-0.39, 0.29) is 0 Å². The Hall–Kier alpha value is -1.73. The molecule has 64 valence electrons. The van der Waals surface area contributed by atoms with Gasteiger partial charge in [0.1, 0.15) is 0 Å². The Kier molecular flexibility index (Phi) is 6.46. The third kappa shape index (κ3) is 11.1. The standard InChI is InChI=1S/C5H6N2.C3H6N2/c1-5(2,4-6)7-3;1-5(2)3-4/h1-2H3;1-2H3. The summed E-state index contributed by atoms with van der Waals surface area (Å²) >= 11 is 0. The predicted molar refractivity (Wildman–Crippen MR) is 45.6 cm³/mol. The summed E-state index contributed by atoms with van der Waals surface area (Å²) in [6, 6.07) is 1.84. The van der Waals surface area contributed by atoms with E-state index in [4.69, 9.17) is 17.1 Å². The molecule has 0 fully saturated rings. The predicted octanol–water partition coefficient (Wildman–Crippen LogP) is 1.24. The molecule has 12 heavy (non-hydrogen) atoms. The molecule has 0 saturated carbocycles. The van der Waals surface area contributed by atoms with Gasteiger partial charge in [0.05, 0.1) is 0 Å². The van der Waals surface area contributed by atoms with Crippen molar-refractivity contribution in [1.82, 2.24) is 4.90 Å². The monoisotopic (exact) mass is 164 g/mol. The van der Waals surface area contributed by atoms with Crippen LogP contribution in [0.3, 0.4) is 0 Å². The highest BCUT2D eigenvalue weighted by molar-refractivity contribution is 5.08. The van der Waals surface area contributed by atoms with Crippen molar-refractivity contribution >= 4 is 0 Å².